The van der Waals surface area contributed by atoms with Crippen molar-refractivity contribution in [3.63, 3.8) is 0 Å². The molecule has 2 N–H and O–H groups in total. The molecule has 1 aromatic rings. The van der Waals surface area contributed by atoms with Gasteiger partial charge in [-0.15, -0.1) is 0 Å². The minimum atomic E-state index is -3.69. The molecule has 6 nitrogen and oxygen atoms in total. The van der Waals surface area contributed by atoms with Crippen molar-refractivity contribution in [3.8, 4) is 0 Å². The molecule has 1 aromatic carbocycles. The van der Waals surface area contributed by atoms with Crippen LogP contribution in [-0.4, -0.2) is 56.3 Å². The van der Waals surface area contributed by atoms with Crippen molar-refractivity contribution in [2.45, 2.75) is 4.90 Å². The van der Waals surface area contributed by atoms with Gasteiger partial charge in [0.25, 0.3) is 0 Å². The first-order valence-electron chi connectivity index (χ1n) is 6.27. The van der Waals surface area contributed by atoms with E-state index in [1.165, 1.54) is 16.4 Å². The topological polar surface area (TPSA) is 83.7 Å². The van der Waals surface area contributed by atoms with Crippen LogP contribution in [0, 0.1) is 0 Å². The first-order chi connectivity index (χ1) is 9.82. The van der Waals surface area contributed by atoms with Crippen molar-refractivity contribution in [2.75, 3.05) is 32.7 Å². The van der Waals surface area contributed by atoms with Crippen LogP contribution in [-0.2, 0) is 14.8 Å². The number of rotatable bonds is 4. The summed E-state index contributed by atoms with van der Waals surface area (Å²) < 4.78 is 26.5. The van der Waals surface area contributed by atoms with E-state index in [1.807, 2.05) is 4.90 Å². The average Bonchev–Trinajstić information content (AvgIpc) is 2.41. The molecule has 1 amide bonds. The average molecular weight is 352 g/mol. The second kappa shape index (κ2) is 6.50. The number of amides is 1. The van der Waals surface area contributed by atoms with Crippen LogP contribution in [0.4, 0.5) is 0 Å². The fourth-order valence-corrected chi connectivity index (χ4v) is 4.33. The van der Waals surface area contributed by atoms with E-state index < -0.39 is 15.9 Å². The minimum Gasteiger partial charge on any atom is -0.369 e. The summed E-state index contributed by atoms with van der Waals surface area (Å²) in [6, 6.07) is 4.51. The lowest BCUT2D eigenvalue weighted by Gasteiger charge is -2.33. The summed E-state index contributed by atoms with van der Waals surface area (Å²) in [5, 5.41) is 0.226. The van der Waals surface area contributed by atoms with Gasteiger partial charge in [0.1, 0.15) is 4.90 Å². The second-order valence-corrected chi connectivity index (χ2v) is 7.39. The molecule has 9 heteroatoms. The highest BCUT2D eigenvalue weighted by Crippen LogP contribution is 2.31. The molecule has 0 saturated carbocycles. The van der Waals surface area contributed by atoms with Gasteiger partial charge in [0.2, 0.25) is 15.9 Å². The number of benzene rings is 1. The van der Waals surface area contributed by atoms with E-state index in [1.54, 1.807) is 6.07 Å². The highest BCUT2D eigenvalue weighted by Gasteiger charge is 2.30. The number of piperazine rings is 1. The zero-order chi connectivity index (χ0) is 15.6. The zero-order valence-electron chi connectivity index (χ0n) is 11.1. The first-order valence-corrected chi connectivity index (χ1v) is 8.47. The van der Waals surface area contributed by atoms with E-state index in [0.29, 0.717) is 13.1 Å². The number of sulfonamides is 1. The molecular formula is C12H15Cl2N3O3S. The number of hydrogen-bond donors (Lipinski definition) is 1. The van der Waals surface area contributed by atoms with E-state index >= 15 is 0 Å². The maximum Gasteiger partial charge on any atom is 0.244 e. The maximum absolute atomic E-state index is 12.6. The summed E-state index contributed by atoms with van der Waals surface area (Å²) >= 11 is 11.8. The Hall–Kier alpha value is -0.860. The van der Waals surface area contributed by atoms with E-state index in [9.17, 15) is 13.2 Å². The third-order valence-electron chi connectivity index (χ3n) is 3.24. The Morgan fingerprint density at radius 3 is 2.38 bits per heavy atom. The Balaban J connectivity index is 2.15. The quantitative estimate of drug-likeness (QED) is 0.868. The number of halogens is 2. The van der Waals surface area contributed by atoms with Crippen molar-refractivity contribution in [3.05, 3.63) is 28.2 Å². The number of carbonyl (C=O) groups excluding carboxylic acids is 1. The van der Waals surface area contributed by atoms with Gasteiger partial charge in [-0.05, 0) is 12.1 Å². The fourth-order valence-electron chi connectivity index (χ4n) is 2.17. The molecule has 0 unspecified atom stereocenters. The number of nitrogens with zero attached hydrogens (tertiary/aromatic N) is 2. The van der Waals surface area contributed by atoms with Crippen LogP contribution in [0.15, 0.2) is 23.1 Å². The maximum atomic E-state index is 12.6. The number of primary amides is 1. The minimum absolute atomic E-state index is 0.0000166. The van der Waals surface area contributed by atoms with Gasteiger partial charge in [0, 0.05) is 26.2 Å². The van der Waals surface area contributed by atoms with Gasteiger partial charge >= 0.3 is 0 Å². The smallest absolute Gasteiger partial charge is 0.244 e. The van der Waals surface area contributed by atoms with Gasteiger partial charge in [-0.25, -0.2) is 8.42 Å². The third kappa shape index (κ3) is 3.67. The molecule has 1 heterocycles. The van der Waals surface area contributed by atoms with Gasteiger partial charge in [0.15, 0.2) is 0 Å². The monoisotopic (exact) mass is 351 g/mol. The molecule has 0 radical (unpaired) electrons. The van der Waals surface area contributed by atoms with Gasteiger partial charge < -0.3 is 5.73 Å². The van der Waals surface area contributed by atoms with Gasteiger partial charge in [-0.3, -0.25) is 9.69 Å². The summed E-state index contributed by atoms with van der Waals surface area (Å²) in [6.45, 7) is 1.57. The largest absolute Gasteiger partial charge is 0.369 e. The van der Waals surface area contributed by atoms with E-state index in [4.69, 9.17) is 28.9 Å². The molecule has 2 rings (SSSR count). The first kappa shape index (κ1) is 16.5. The molecule has 0 spiro atoms. The fraction of sp³-hybridized carbons (Fsp3) is 0.417. The van der Waals surface area contributed by atoms with Gasteiger partial charge in [-0.1, -0.05) is 29.3 Å². The van der Waals surface area contributed by atoms with Crippen molar-refractivity contribution in [1.82, 2.24) is 9.21 Å². The van der Waals surface area contributed by atoms with Crippen molar-refractivity contribution >= 4 is 39.1 Å². The molecule has 1 aliphatic rings. The van der Waals surface area contributed by atoms with E-state index in [0.717, 1.165) is 0 Å². The molecular weight excluding hydrogens is 337 g/mol. The van der Waals surface area contributed by atoms with Crippen molar-refractivity contribution in [1.29, 1.82) is 0 Å². The van der Waals surface area contributed by atoms with Crippen LogP contribution in [0.5, 0.6) is 0 Å². The molecule has 21 heavy (non-hydrogen) atoms. The van der Waals surface area contributed by atoms with Crippen LogP contribution in [0.1, 0.15) is 0 Å². The summed E-state index contributed by atoms with van der Waals surface area (Å²) in [5.41, 5.74) is 5.13. The summed E-state index contributed by atoms with van der Waals surface area (Å²) in [7, 11) is -3.69. The number of nitrogens with two attached hydrogens (primary N) is 1. The lowest BCUT2D eigenvalue weighted by Crippen LogP contribution is -2.50. The Morgan fingerprint density at radius 2 is 1.81 bits per heavy atom. The zero-order valence-corrected chi connectivity index (χ0v) is 13.5. The molecule has 0 aliphatic carbocycles. The predicted molar refractivity (Wildman–Crippen MR) is 80.9 cm³/mol. The second-order valence-electron chi connectivity index (χ2n) is 4.70. The van der Waals surface area contributed by atoms with Gasteiger partial charge in [0.05, 0.1) is 16.6 Å². The van der Waals surface area contributed by atoms with E-state index in [2.05, 4.69) is 0 Å². The van der Waals surface area contributed by atoms with Crippen LogP contribution < -0.4 is 5.73 Å². The van der Waals surface area contributed by atoms with Crippen LogP contribution in [0.3, 0.4) is 0 Å². The van der Waals surface area contributed by atoms with Gasteiger partial charge in [-0.2, -0.15) is 4.31 Å². The molecule has 1 fully saturated rings. The Morgan fingerprint density at radius 1 is 1.19 bits per heavy atom. The molecule has 116 valence electrons. The lowest BCUT2D eigenvalue weighted by molar-refractivity contribution is -0.119. The third-order valence-corrected chi connectivity index (χ3v) is 6.12. The summed E-state index contributed by atoms with van der Waals surface area (Å²) in [4.78, 5) is 12.7. The van der Waals surface area contributed by atoms with Crippen LogP contribution in [0.25, 0.3) is 0 Å². The lowest BCUT2D eigenvalue weighted by atomic mass is 10.3. The van der Waals surface area contributed by atoms with Crippen molar-refractivity contribution < 1.29 is 13.2 Å². The van der Waals surface area contributed by atoms with Crippen LogP contribution >= 0.6 is 23.2 Å². The summed E-state index contributed by atoms with van der Waals surface area (Å²) in [6.07, 6.45) is 0. The SMILES string of the molecule is NC(=O)CN1CCN(S(=O)(=O)c2cccc(Cl)c2Cl)CC1. The van der Waals surface area contributed by atoms with Crippen LogP contribution in [0.2, 0.25) is 10.0 Å². The highest BCUT2D eigenvalue weighted by molar-refractivity contribution is 7.89. The van der Waals surface area contributed by atoms with E-state index in [-0.39, 0.29) is 34.6 Å². The number of carbonyl (C=O) groups is 1. The standard InChI is InChI=1S/C12H15Cl2N3O3S/c13-9-2-1-3-10(12(9)14)21(19,20)17-6-4-16(5-7-17)8-11(15)18/h1-3H,4-8H2,(H2,15,18). The molecule has 0 bridgehead atoms. The molecule has 1 aliphatic heterocycles. The Labute approximate surface area is 133 Å². The van der Waals surface area contributed by atoms with Crippen molar-refractivity contribution in [2.24, 2.45) is 5.73 Å². The molecule has 0 aromatic heterocycles. The normalized spacial score (nSPS) is 17.8. The molecule has 0 atom stereocenters. The predicted octanol–water partition coefficient (Wildman–Crippen LogP) is 0.785. The summed E-state index contributed by atoms with van der Waals surface area (Å²) in [5.74, 6) is -0.427. The Kier molecular flexibility index (Phi) is 5.11. The Bertz CT molecular complexity index is 643. The number of hydrogen-bond acceptors (Lipinski definition) is 4. The highest BCUT2D eigenvalue weighted by atomic mass is 35.5. The molecule has 1 saturated heterocycles.